The van der Waals surface area contributed by atoms with Crippen molar-refractivity contribution in [3.63, 3.8) is 0 Å². The molecule has 4 heteroatoms. The van der Waals surface area contributed by atoms with E-state index in [2.05, 4.69) is 49.9 Å². The van der Waals surface area contributed by atoms with Crippen LogP contribution in [-0.4, -0.2) is 24.2 Å². The molecular weight excluding hydrogens is 268 g/mol. The summed E-state index contributed by atoms with van der Waals surface area (Å²) in [6, 6.07) is 8.35. The molecule has 0 saturated carbocycles. The molecule has 3 nitrogen and oxygen atoms in total. The number of aromatic nitrogens is 1. The predicted molar refractivity (Wildman–Crippen MR) is 86.5 cm³/mol. The van der Waals surface area contributed by atoms with E-state index in [1.165, 1.54) is 5.69 Å². The molecule has 108 valence electrons. The van der Waals surface area contributed by atoms with Crippen LogP contribution in [0.25, 0.3) is 10.6 Å². The molecule has 1 N–H and O–H groups in total. The average Bonchev–Trinajstić information content (AvgIpc) is 2.83. The minimum atomic E-state index is -0.0452. The van der Waals surface area contributed by atoms with E-state index in [1.54, 1.807) is 11.3 Å². The Labute approximate surface area is 124 Å². The second-order valence-corrected chi connectivity index (χ2v) is 7.22. The number of rotatable bonds is 3. The van der Waals surface area contributed by atoms with E-state index in [1.807, 2.05) is 14.1 Å². The molecule has 1 aromatic carbocycles. The van der Waals surface area contributed by atoms with Gasteiger partial charge in [-0.25, -0.2) is 4.98 Å². The van der Waals surface area contributed by atoms with Gasteiger partial charge >= 0.3 is 0 Å². The van der Waals surface area contributed by atoms with Crippen molar-refractivity contribution in [2.45, 2.75) is 32.8 Å². The second kappa shape index (κ2) is 5.54. The Morgan fingerprint density at radius 2 is 1.75 bits per heavy atom. The lowest BCUT2D eigenvalue weighted by atomic mass is 9.91. The van der Waals surface area contributed by atoms with Crippen LogP contribution in [0.4, 0.5) is 5.69 Å². The zero-order valence-electron chi connectivity index (χ0n) is 12.8. The Morgan fingerprint density at radius 3 is 2.15 bits per heavy atom. The van der Waals surface area contributed by atoms with Crippen LogP contribution in [0.2, 0.25) is 0 Å². The molecule has 0 saturated heterocycles. The summed E-state index contributed by atoms with van der Waals surface area (Å²) in [4.78, 5) is 7.78. The van der Waals surface area contributed by atoms with Gasteiger partial charge in [-0.15, -0.1) is 11.3 Å². The molecule has 2 aromatic rings. The van der Waals surface area contributed by atoms with Crippen LogP contribution in [0.5, 0.6) is 0 Å². The fourth-order valence-corrected chi connectivity index (χ4v) is 3.21. The zero-order valence-corrected chi connectivity index (χ0v) is 13.6. The van der Waals surface area contributed by atoms with E-state index in [0.717, 1.165) is 21.1 Å². The highest BCUT2D eigenvalue weighted by molar-refractivity contribution is 7.15. The molecule has 0 aliphatic carbocycles. The number of aliphatic hydroxyl groups excluding tert-OH is 1. The minimum absolute atomic E-state index is 0.0452. The Hall–Kier alpha value is -1.39. The highest BCUT2D eigenvalue weighted by Gasteiger charge is 2.23. The van der Waals surface area contributed by atoms with Crippen LogP contribution in [0.3, 0.4) is 0 Å². The van der Waals surface area contributed by atoms with Gasteiger partial charge in [0.25, 0.3) is 0 Å². The van der Waals surface area contributed by atoms with Crippen LogP contribution >= 0.6 is 11.3 Å². The topological polar surface area (TPSA) is 36.4 Å². The summed E-state index contributed by atoms with van der Waals surface area (Å²) in [5, 5.41) is 10.5. The lowest BCUT2D eigenvalue weighted by molar-refractivity contribution is 0.282. The molecule has 2 rings (SSSR count). The fourth-order valence-electron chi connectivity index (χ4n) is 2.07. The van der Waals surface area contributed by atoms with Gasteiger partial charge in [-0.05, 0) is 24.3 Å². The highest BCUT2D eigenvalue weighted by Crippen LogP contribution is 2.34. The Kier molecular flexibility index (Phi) is 4.16. The van der Waals surface area contributed by atoms with Crippen LogP contribution in [-0.2, 0) is 12.0 Å². The standard InChI is InChI=1S/C16H22N2OS/c1-16(2,3)14-13(10-19)20-15(17-14)11-6-8-12(9-7-11)18(4)5/h6-9,19H,10H2,1-5H3. The summed E-state index contributed by atoms with van der Waals surface area (Å²) < 4.78 is 0. The van der Waals surface area contributed by atoms with Crippen molar-refractivity contribution in [2.24, 2.45) is 0 Å². The lowest BCUT2D eigenvalue weighted by Crippen LogP contribution is -2.14. The molecule has 0 aliphatic rings. The van der Waals surface area contributed by atoms with Gasteiger partial charge in [0.1, 0.15) is 5.01 Å². The van der Waals surface area contributed by atoms with Crippen molar-refractivity contribution >= 4 is 17.0 Å². The fraction of sp³-hybridized carbons (Fsp3) is 0.438. The maximum absolute atomic E-state index is 9.52. The number of nitrogens with zero attached hydrogens (tertiary/aromatic N) is 2. The summed E-state index contributed by atoms with van der Waals surface area (Å²) in [6.07, 6.45) is 0. The zero-order chi connectivity index (χ0) is 14.9. The first-order valence-electron chi connectivity index (χ1n) is 6.71. The van der Waals surface area contributed by atoms with Crippen LogP contribution in [0.1, 0.15) is 31.3 Å². The van der Waals surface area contributed by atoms with E-state index in [0.29, 0.717) is 0 Å². The first-order chi connectivity index (χ1) is 9.32. The van der Waals surface area contributed by atoms with Gasteiger partial charge in [0, 0.05) is 30.8 Å². The normalized spacial score (nSPS) is 11.7. The number of aliphatic hydroxyl groups is 1. The Balaban J connectivity index is 2.40. The molecule has 1 aromatic heterocycles. The van der Waals surface area contributed by atoms with Gasteiger partial charge in [-0.3, -0.25) is 0 Å². The smallest absolute Gasteiger partial charge is 0.123 e. The van der Waals surface area contributed by atoms with Crippen molar-refractivity contribution in [3.05, 3.63) is 34.8 Å². The minimum Gasteiger partial charge on any atom is -0.391 e. The van der Waals surface area contributed by atoms with Gasteiger partial charge in [-0.1, -0.05) is 20.8 Å². The first-order valence-corrected chi connectivity index (χ1v) is 7.53. The van der Waals surface area contributed by atoms with Crippen molar-refractivity contribution in [3.8, 4) is 10.6 Å². The molecule has 0 radical (unpaired) electrons. The molecule has 0 aliphatic heterocycles. The van der Waals surface area contributed by atoms with E-state index in [9.17, 15) is 5.11 Å². The van der Waals surface area contributed by atoms with Crippen molar-refractivity contribution in [2.75, 3.05) is 19.0 Å². The van der Waals surface area contributed by atoms with Crippen LogP contribution < -0.4 is 4.90 Å². The number of hydrogen-bond acceptors (Lipinski definition) is 4. The summed E-state index contributed by atoms with van der Waals surface area (Å²) in [5.74, 6) is 0. The van der Waals surface area contributed by atoms with Gasteiger partial charge < -0.3 is 10.0 Å². The first kappa shape index (κ1) is 15.0. The monoisotopic (exact) mass is 290 g/mol. The molecule has 0 amide bonds. The Bertz CT molecular complexity index is 580. The molecule has 0 bridgehead atoms. The van der Waals surface area contributed by atoms with Gasteiger partial charge in [-0.2, -0.15) is 0 Å². The van der Waals surface area contributed by atoms with E-state index >= 15 is 0 Å². The third-order valence-electron chi connectivity index (χ3n) is 3.18. The summed E-state index contributed by atoms with van der Waals surface area (Å²) >= 11 is 1.58. The van der Waals surface area contributed by atoms with Crippen molar-refractivity contribution in [1.82, 2.24) is 4.98 Å². The Morgan fingerprint density at radius 1 is 1.15 bits per heavy atom. The lowest BCUT2D eigenvalue weighted by Gasteiger charge is -2.16. The molecule has 0 fully saturated rings. The maximum atomic E-state index is 9.52. The second-order valence-electron chi connectivity index (χ2n) is 6.14. The van der Waals surface area contributed by atoms with Gasteiger partial charge in [0.05, 0.1) is 17.2 Å². The molecule has 1 heterocycles. The molecule has 0 unspecified atom stereocenters. The number of anilines is 1. The SMILES string of the molecule is CN(C)c1ccc(-c2nc(C(C)(C)C)c(CO)s2)cc1. The largest absolute Gasteiger partial charge is 0.391 e. The molecule has 0 spiro atoms. The summed E-state index contributed by atoms with van der Waals surface area (Å²) in [6.45, 7) is 6.43. The summed E-state index contributed by atoms with van der Waals surface area (Å²) in [5.41, 5.74) is 3.22. The predicted octanol–water partition coefficient (Wildman–Crippen LogP) is 3.67. The third-order valence-corrected chi connectivity index (χ3v) is 4.27. The highest BCUT2D eigenvalue weighted by atomic mass is 32.1. The molecule has 0 atom stereocenters. The van der Waals surface area contributed by atoms with E-state index in [-0.39, 0.29) is 12.0 Å². The van der Waals surface area contributed by atoms with Crippen LogP contribution in [0.15, 0.2) is 24.3 Å². The maximum Gasteiger partial charge on any atom is 0.123 e. The quantitative estimate of drug-likeness (QED) is 0.937. The number of hydrogen-bond donors (Lipinski definition) is 1. The van der Waals surface area contributed by atoms with Crippen LogP contribution in [0, 0.1) is 0 Å². The van der Waals surface area contributed by atoms with Gasteiger partial charge in [0.2, 0.25) is 0 Å². The van der Waals surface area contributed by atoms with Crippen molar-refractivity contribution in [1.29, 1.82) is 0 Å². The molecule has 20 heavy (non-hydrogen) atoms. The number of thiazole rings is 1. The third kappa shape index (κ3) is 3.02. The average molecular weight is 290 g/mol. The molecular formula is C16H22N2OS. The summed E-state index contributed by atoms with van der Waals surface area (Å²) in [7, 11) is 4.06. The van der Waals surface area contributed by atoms with Crippen molar-refractivity contribution < 1.29 is 5.11 Å². The number of benzene rings is 1. The van der Waals surface area contributed by atoms with E-state index in [4.69, 9.17) is 4.98 Å². The van der Waals surface area contributed by atoms with E-state index < -0.39 is 0 Å². The van der Waals surface area contributed by atoms with Gasteiger partial charge in [0.15, 0.2) is 0 Å².